The van der Waals surface area contributed by atoms with Crippen molar-refractivity contribution in [2.24, 2.45) is 34.5 Å². The van der Waals surface area contributed by atoms with Crippen LogP contribution in [0.5, 0.6) is 0 Å². The number of phosphoric acid groups is 1. The summed E-state index contributed by atoms with van der Waals surface area (Å²) < 4.78 is 15.4. The highest BCUT2D eigenvalue weighted by Crippen LogP contribution is 2.67. The van der Waals surface area contributed by atoms with Crippen LogP contribution in [0, 0.1) is 34.5 Å². The van der Waals surface area contributed by atoms with E-state index >= 15 is 0 Å². The Morgan fingerprint density at radius 3 is 2.65 bits per heavy atom. The van der Waals surface area contributed by atoms with Crippen LogP contribution >= 0.6 is 7.82 Å². The van der Waals surface area contributed by atoms with Gasteiger partial charge in [-0.15, -0.1) is 0 Å². The molecule has 8 atom stereocenters. The number of carbonyl (C=O) groups is 2. The summed E-state index contributed by atoms with van der Waals surface area (Å²) in [6.45, 7) is 5.06. The molecule has 8 nitrogen and oxygen atoms in total. The highest BCUT2D eigenvalue weighted by Gasteiger charge is 2.68. The summed E-state index contributed by atoms with van der Waals surface area (Å²) in [5, 5.41) is 22.8. The van der Waals surface area contributed by atoms with Crippen molar-refractivity contribution in [3.8, 4) is 0 Å². The Kier molecular flexibility index (Phi) is 5.33. The number of carbonyl (C=O) groups excluding carboxylic acids is 2. The van der Waals surface area contributed by atoms with Crippen LogP contribution in [-0.2, 0) is 18.7 Å². The summed E-state index contributed by atoms with van der Waals surface area (Å²) in [6.07, 6.45) is 6.03. The van der Waals surface area contributed by atoms with Gasteiger partial charge >= 0.3 is 7.82 Å². The van der Waals surface area contributed by atoms with Crippen LogP contribution in [-0.4, -0.2) is 49.9 Å². The second kappa shape index (κ2) is 7.17. The average Bonchev–Trinajstić information content (AvgIpc) is 2.92. The molecule has 0 unspecified atom stereocenters. The number of ketones is 2. The maximum absolute atomic E-state index is 12.9. The molecule has 0 amide bonds. The van der Waals surface area contributed by atoms with Crippen molar-refractivity contribution < 1.29 is 38.7 Å². The molecule has 4 N–H and O–H groups in total. The molecule has 172 valence electrons. The van der Waals surface area contributed by atoms with E-state index in [1.165, 1.54) is 0 Å². The van der Waals surface area contributed by atoms with E-state index in [-0.39, 0.29) is 42.3 Å². The van der Waals surface area contributed by atoms with E-state index in [1.807, 2.05) is 6.08 Å². The van der Waals surface area contributed by atoms with Crippen molar-refractivity contribution >= 4 is 19.4 Å². The van der Waals surface area contributed by atoms with Gasteiger partial charge in [0.1, 0.15) is 12.2 Å². The number of Topliss-reactive ketones (excluding diaryl/α,β-unsaturated/α-hetero) is 1. The molecule has 0 aromatic heterocycles. The normalized spacial score (nSPS) is 46.7. The number of rotatable bonds is 4. The van der Waals surface area contributed by atoms with Crippen LogP contribution in [0.4, 0.5) is 0 Å². The minimum Gasteiger partial charge on any atom is -0.393 e. The Hall–Kier alpha value is -1.15. The lowest BCUT2D eigenvalue weighted by Crippen LogP contribution is -2.62. The van der Waals surface area contributed by atoms with Gasteiger partial charge < -0.3 is 20.0 Å². The molecule has 0 saturated heterocycles. The van der Waals surface area contributed by atoms with Crippen LogP contribution < -0.4 is 0 Å². The monoisotopic (exact) mass is 454 g/mol. The molecule has 9 heteroatoms. The zero-order valence-electron chi connectivity index (χ0n) is 18.0. The third-order valence-electron chi connectivity index (χ3n) is 8.79. The number of hydrogen-bond acceptors (Lipinski definition) is 6. The first kappa shape index (κ1) is 23.0. The van der Waals surface area contributed by atoms with Gasteiger partial charge in [-0.25, -0.2) is 4.57 Å². The van der Waals surface area contributed by atoms with Crippen molar-refractivity contribution in [1.29, 1.82) is 0 Å². The fourth-order valence-corrected chi connectivity index (χ4v) is 7.76. The van der Waals surface area contributed by atoms with Crippen LogP contribution in [0.25, 0.3) is 0 Å². The second-order valence-corrected chi connectivity index (χ2v) is 11.6. The topological polar surface area (TPSA) is 141 Å². The van der Waals surface area contributed by atoms with Gasteiger partial charge in [0.25, 0.3) is 0 Å². The lowest BCUT2D eigenvalue weighted by molar-refractivity contribution is -0.180. The van der Waals surface area contributed by atoms with Crippen molar-refractivity contribution in [1.82, 2.24) is 0 Å². The lowest BCUT2D eigenvalue weighted by atomic mass is 9.45. The quantitative estimate of drug-likeness (QED) is 0.472. The van der Waals surface area contributed by atoms with Gasteiger partial charge in [0.15, 0.2) is 11.6 Å². The summed E-state index contributed by atoms with van der Waals surface area (Å²) in [7, 11) is -4.85. The van der Waals surface area contributed by atoms with Gasteiger partial charge in [-0.2, -0.15) is 0 Å². The standard InChI is InChI=1S/C22H31O8P/c1-12-8-14-15-5-7-22(26,18(25)11-30-31(27,28)29)21(15,3)10-17(24)19(14)20(2)6-4-13(23)9-16(12)20/h4,6,9,12,14-15,17,19,24,26H,5,7-8,10-11H2,1-3H3,(H2,27,28,29)/t12-,14-,15-,17-,19+,20-,21-,22-/m0/s1. The third kappa shape index (κ3) is 3.35. The SMILES string of the molecule is C[C@H]1C[C@@H]2[C@H]([C@@H](O)C[C@@]3(C)[C@H]2CC[C@]3(O)C(=O)COP(=O)(O)O)[C@@]2(C)C=CC(=O)C=C12. The van der Waals surface area contributed by atoms with Crippen molar-refractivity contribution in [3.63, 3.8) is 0 Å². The Labute approximate surface area is 181 Å². The molecule has 0 radical (unpaired) electrons. The Morgan fingerprint density at radius 1 is 1.32 bits per heavy atom. The predicted molar refractivity (Wildman–Crippen MR) is 111 cm³/mol. The fourth-order valence-electron chi connectivity index (χ4n) is 7.47. The molecule has 0 spiro atoms. The van der Waals surface area contributed by atoms with E-state index in [2.05, 4.69) is 18.4 Å². The first-order chi connectivity index (χ1) is 14.2. The van der Waals surface area contributed by atoms with Crippen LogP contribution in [0.2, 0.25) is 0 Å². The number of phosphoric ester groups is 1. The number of aliphatic hydroxyl groups is 2. The smallest absolute Gasteiger partial charge is 0.393 e. The van der Waals surface area contributed by atoms with Gasteiger partial charge in [0.05, 0.1) is 6.10 Å². The molecule has 4 rings (SSSR count). The summed E-state index contributed by atoms with van der Waals surface area (Å²) in [5.74, 6) is -0.826. The summed E-state index contributed by atoms with van der Waals surface area (Å²) in [6, 6.07) is 0. The minimum absolute atomic E-state index is 0.0354. The van der Waals surface area contributed by atoms with Gasteiger partial charge in [-0.05, 0) is 55.6 Å². The predicted octanol–water partition coefficient (Wildman–Crippen LogP) is 1.92. The molecule has 4 aliphatic carbocycles. The Bertz CT molecular complexity index is 920. The van der Waals surface area contributed by atoms with E-state index in [4.69, 9.17) is 9.79 Å². The Balaban J connectivity index is 1.68. The zero-order chi connectivity index (χ0) is 23.0. The maximum Gasteiger partial charge on any atom is 0.470 e. The molecule has 0 aromatic carbocycles. The Morgan fingerprint density at radius 2 is 2.00 bits per heavy atom. The maximum atomic E-state index is 12.9. The van der Waals surface area contributed by atoms with Crippen LogP contribution in [0.15, 0.2) is 23.8 Å². The molecule has 31 heavy (non-hydrogen) atoms. The minimum atomic E-state index is -4.85. The largest absolute Gasteiger partial charge is 0.470 e. The van der Waals surface area contributed by atoms with Crippen molar-refractivity contribution in [2.45, 2.75) is 58.2 Å². The van der Waals surface area contributed by atoms with E-state index < -0.39 is 42.7 Å². The molecule has 3 fully saturated rings. The van der Waals surface area contributed by atoms with Gasteiger partial charge in [0.2, 0.25) is 0 Å². The molecular weight excluding hydrogens is 423 g/mol. The lowest BCUT2D eigenvalue weighted by Gasteiger charge is -2.60. The molecule has 0 heterocycles. The highest BCUT2D eigenvalue weighted by atomic mass is 31.2. The van der Waals surface area contributed by atoms with Crippen molar-refractivity contribution in [3.05, 3.63) is 23.8 Å². The molecular formula is C22H31O8P. The summed E-state index contributed by atoms with van der Waals surface area (Å²) in [4.78, 5) is 42.8. The van der Waals surface area contributed by atoms with Crippen LogP contribution in [0.1, 0.15) is 46.5 Å². The van der Waals surface area contributed by atoms with Gasteiger partial charge in [-0.1, -0.05) is 32.4 Å². The van der Waals surface area contributed by atoms with E-state index in [9.17, 15) is 24.4 Å². The number of allylic oxidation sites excluding steroid dienone is 4. The number of fused-ring (bicyclic) bond motifs is 5. The first-order valence-corrected chi connectivity index (χ1v) is 12.3. The molecule has 0 aromatic rings. The summed E-state index contributed by atoms with van der Waals surface area (Å²) >= 11 is 0. The second-order valence-electron chi connectivity index (χ2n) is 10.3. The van der Waals surface area contributed by atoms with Crippen molar-refractivity contribution in [2.75, 3.05) is 6.61 Å². The van der Waals surface area contributed by atoms with Gasteiger partial charge in [-0.3, -0.25) is 14.1 Å². The van der Waals surface area contributed by atoms with E-state index in [0.29, 0.717) is 6.42 Å². The number of aliphatic hydroxyl groups excluding tert-OH is 1. The molecule has 4 aliphatic rings. The fraction of sp³-hybridized carbons (Fsp3) is 0.727. The van der Waals surface area contributed by atoms with E-state index in [1.54, 1.807) is 19.1 Å². The average molecular weight is 454 g/mol. The molecule has 0 bridgehead atoms. The molecule has 0 aliphatic heterocycles. The summed E-state index contributed by atoms with van der Waals surface area (Å²) in [5.41, 5.74) is -2.19. The zero-order valence-corrected chi connectivity index (χ0v) is 18.9. The first-order valence-electron chi connectivity index (χ1n) is 10.8. The van der Waals surface area contributed by atoms with Gasteiger partial charge in [0, 0.05) is 16.7 Å². The molecule has 3 saturated carbocycles. The highest BCUT2D eigenvalue weighted by molar-refractivity contribution is 7.46. The van der Waals surface area contributed by atoms with Crippen LogP contribution in [0.3, 0.4) is 0 Å². The number of hydrogen-bond donors (Lipinski definition) is 4. The third-order valence-corrected chi connectivity index (χ3v) is 9.26. The van der Waals surface area contributed by atoms with E-state index in [0.717, 1.165) is 12.0 Å².